The summed E-state index contributed by atoms with van der Waals surface area (Å²) in [5.41, 5.74) is 4.94. The Morgan fingerprint density at radius 1 is 1.16 bits per heavy atom. The van der Waals surface area contributed by atoms with Crippen LogP contribution in [0.15, 0.2) is 42.5 Å². The number of hydrogen-bond donors (Lipinski definition) is 2. The third-order valence-corrected chi connectivity index (χ3v) is 4.23. The van der Waals surface area contributed by atoms with Crippen LogP contribution in [0.1, 0.15) is 46.9 Å². The monoisotopic (exact) mass is 356 g/mol. The Kier molecular flexibility index (Phi) is 6.53. The Morgan fingerprint density at radius 2 is 1.92 bits per heavy atom. The number of hydrogen-bond acceptors (Lipinski definition) is 3. The lowest BCUT2D eigenvalue weighted by Crippen LogP contribution is -2.31. The molecule has 0 saturated carbocycles. The number of nitrogens with one attached hydrogen (secondary N) is 2. The SMILES string of the molecule is CCOC(=O)c1cccc(NC(=S)N[C@@H](C)c2ccc(C)c(C)c2)c1. The van der Waals surface area contributed by atoms with Crippen molar-refractivity contribution in [1.82, 2.24) is 5.32 Å². The highest BCUT2D eigenvalue weighted by atomic mass is 32.1. The van der Waals surface area contributed by atoms with Crippen molar-refractivity contribution in [3.63, 3.8) is 0 Å². The highest BCUT2D eigenvalue weighted by Crippen LogP contribution is 2.17. The molecule has 2 N–H and O–H groups in total. The summed E-state index contributed by atoms with van der Waals surface area (Å²) in [6.07, 6.45) is 0. The van der Waals surface area contributed by atoms with Crippen molar-refractivity contribution < 1.29 is 9.53 Å². The van der Waals surface area contributed by atoms with Gasteiger partial charge in [0.25, 0.3) is 0 Å². The van der Waals surface area contributed by atoms with Crippen molar-refractivity contribution in [3.8, 4) is 0 Å². The molecular weight excluding hydrogens is 332 g/mol. The van der Waals surface area contributed by atoms with E-state index in [4.69, 9.17) is 17.0 Å². The maximum atomic E-state index is 11.8. The molecule has 0 radical (unpaired) electrons. The summed E-state index contributed by atoms with van der Waals surface area (Å²) in [7, 11) is 0. The molecule has 5 heteroatoms. The summed E-state index contributed by atoms with van der Waals surface area (Å²) >= 11 is 5.39. The van der Waals surface area contributed by atoms with Gasteiger partial charge in [-0.3, -0.25) is 0 Å². The molecule has 0 bridgehead atoms. The molecule has 0 spiro atoms. The number of carbonyl (C=O) groups is 1. The molecule has 0 heterocycles. The van der Waals surface area contributed by atoms with Gasteiger partial charge < -0.3 is 15.4 Å². The van der Waals surface area contributed by atoms with Crippen LogP contribution in [-0.4, -0.2) is 17.7 Å². The van der Waals surface area contributed by atoms with Crippen LogP contribution in [0, 0.1) is 13.8 Å². The fourth-order valence-corrected chi connectivity index (χ4v) is 2.71. The quantitative estimate of drug-likeness (QED) is 0.609. The van der Waals surface area contributed by atoms with E-state index in [0.29, 0.717) is 17.3 Å². The van der Waals surface area contributed by atoms with Crippen LogP contribution in [0.25, 0.3) is 0 Å². The number of carbonyl (C=O) groups excluding carboxylic acids is 1. The predicted octanol–water partition coefficient (Wildman–Crippen LogP) is 4.53. The van der Waals surface area contributed by atoms with E-state index in [1.54, 1.807) is 25.1 Å². The van der Waals surface area contributed by atoms with Gasteiger partial charge in [0.05, 0.1) is 18.2 Å². The molecule has 0 aromatic heterocycles. The Labute approximate surface area is 154 Å². The summed E-state index contributed by atoms with van der Waals surface area (Å²) < 4.78 is 5.02. The first-order valence-corrected chi connectivity index (χ1v) is 8.73. The molecule has 0 saturated heterocycles. The third kappa shape index (κ3) is 5.29. The van der Waals surface area contributed by atoms with Crippen LogP contribution in [-0.2, 0) is 4.74 Å². The van der Waals surface area contributed by atoms with Crippen molar-refractivity contribution in [2.75, 3.05) is 11.9 Å². The highest BCUT2D eigenvalue weighted by molar-refractivity contribution is 7.80. The first-order valence-electron chi connectivity index (χ1n) is 8.32. The second-order valence-corrected chi connectivity index (χ2v) is 6.37. The minimum Gasteiger partial charge on any atom is -0.462 e. The second-order valence-electron chi connectivity index (χ2n) is 5.97. The van der Waals surface area contributed by atoms with Crippen molar-refractivity contribution in [1.29, 1.82) is 0 Å². The van der Waals surface area contributed by atoms with Crippen molar-refractivity contribution >= 4 is 29.0 Å². The minimum absolute atomic E-state index is 0.0764. The molecule has 0 unspecified atom stereocenters. The van der Waals surface area contributed by atoms with Gasteiger partial charge >= 0.3 is 5.97 Å². The van der Waals surface area contributed by atoms with Gasteiger partial charge in [-0.1, -0.05) is 24.3 Å². The molecule has 0 amide bonds. The standard InChI is InChI=1S/C20H24N2O2S/c1-5-24-19(23)17-7-6-8-18(12-17)22-20(25)21-15(4)16-10-9-13(2)14(3)11-16/h6-12,15H,5H2,1-4H3,(H2,21,22,25)/t15-/m0/s1. The van der Waals surface area contributed by atoms with E-state index in [0.717, 1.165) is 5.69 Å². The zero-order chi connectivity index (χ0) is 18.4. The average Bonchev–Trinajstić information content (AvgIpc) is 2.57. The van der Waals surface area contributed by atoms with Crippen molar-refractivity contribution in [3.05, 3.63) is 64.7 Å². The number of benzene rings is 2. The first-order chi connectivity index (χ1) is 11.9. The largest absolute Gasteiger partial charge is 0.462 e. The van der Waals surface area contributed by atoms with Gasteiger partial charge in [-0.25, -0.2) is 4.79 Å². The molecule has 4 nitrogen and oxygen atoms in total. The smallest absolute Gasteiger partial charge is 0.338 e. The number of ether oxygens (including phenoxy) is 1. The third-order valence-electron chi connectivity index (χ3n) is 4.01. The number of aryl methyl sites for hydroxylation is 2. The first kappa shape index (κ1) is 18.9. The average molecular weight is 356 g/mol. The van der Waals surface area contributed by atoms with Crippen molar-refractivity contribution in [2.24, 2.45) is 0 Å². The van der Waals surface area contributed by atoms with Crippen LogP contribution in [0.5, 0.6) is 0 Å². The number of anilines is 1. The fourth-order valence-electron chi connectivity index (χ4n) is 2.42. The van der Waals surface area contributed by atoms with E-state index in [1.807, 2.05) is 6.07 Å². The van der Waals surface area contributed by atoms with Gasteiger partial charge in [-0.2, -0.15) is 0 Å². The lowest BCUT2D eigenvalue weighted by atomic mass is 10.0. The van der Waals surface area contributed by atoms with Crippen LogP contribution in [0.3, 0.4) is 0 Å². The molecule has 0 fully saturated rings. The van der Waals surface area contributed by atoms with Crippen LogP contribution in [0.4, 0.5) is 5.69 Å². The van der Waals surface area contributed by atoms with Gasteiger partial charge in [-0.15, -0.1) is 0 Å². The Bertz CT molecular complexity index is 774. The fraction of sp³-hybridized carbons (Fsp3) is 0.300. The summed E-state index contributed by atoms with van der Waals surface area (Å²) in [6.45, 7) is 8.40. The maximum Gasteiger partial charge on any atom is 0.338 e. The molecule has 132 valence electrons. The zero-order valence-electron chi connectivity index (χ0n) is 15.1. The molecule has 1 atom stereocenters. The summed E-state index contributed by atoms with van der Waals surface area (Å²) in [5, 5.41) is 6.89. The second kappa shape index (κ2) is 8.62. The van der Waals surface area contributed by atoms with Crippen LogP contribution < -0.4 is 10.6 Å². The summed E-state index contributed by atoms with van der Waals surface area (Å²) in [4.78, 5) is 11.8. The van der Waals surface area contributed by atoms with E-state index in [-0.39, 0.29) is 12.0 Å². The highest BCUT2D eigenvalue weighted by Gasteiger charge is 2.10. The Hall–Kier alpha value is -2.40. The molecular formula is C20H24N2O2S. The van der Waals surface area contributed by atoms with E-state index < -0.39 is 0 Å². The number of thiocarbonyl (C=S) groups is 1. The molecule has 25 heavy (non-hydrogen) atoms. The van der Waals surface area contributed by atoms with Gasteiger partial charge in [0.2, 0.25) is 0 Å². The predicted molar refractivity (Wildman–Crippen MR) is 106 cm³/mol. The van der Waals surface area contributed by atoms with Gasteiger partial charge in [-0.05, 0) is 74.8 Å². The summed E-state index contributed by atoms with van der Waals surface area (Å²) in [6, 6.07) is 13.6. The molecule has 0 aliphatic heterocycles. The van der Waals surface area contributed by atoms with Crippen molar-refractivity contribution in [2.45, 2.75) is 33.7 Å². The minimum atomic E-state index is -0.339. The van der Waals surface area contributed by atoms with Gasteiger partial charge in [0, 0.05) is 5.69 Å². The molecule has 0 aliphatic carbocycles. The van der Waals surface area contributed by atoms with Crippen LogP contribution in [0.2, 0.25) is 0 Å². The van der Waals surface area contributed by atoms with E-state index >= 15 is 0 Å². The molecule has 2 rings (SSSR count). The van der Waals surface area contributed by atoms with E-state index in [2.05, 4.69) is 49.6 Å². The van der Waals surface area contributed by atoms with Gasteiger partial charge in [0.1, 0.15) is 0 Å². The Balaban J connectivity index is 2.01. The van der Waals surface area contributed by atoms with Crippen LogP contribution >= 0.6 is 12.2 Å². The van der Waals surface area contributed by atoms with Gasteiger partial charge in [0.15, 0.2) is 5.11 Å². The number of esters is 1. The molecule has 0 aliphatic rings. The maximum absolute atomic E-state index is 11.8. The lowest BCUT2D eigenvalue weighted by Gasteiger charge is -2.18. The molecule has 2 aromatic carbocycles. The zero-order valence-corrected chi connectivity index (χ0v) is 15.9. The van der Waals surface area contributed by atoms with E-state index in [1.165, 1.54) is 16.7 Å². The number of rotatable bonds is 5. The summed E-state index contributed by atoms with van der Waals surface area (Å²) in [5.74, 6) is -0.339. The normalized spacial score (nSPS) is 11.5. The lowest BCUT2D eigenvalue weighted by molar-refractivity contribution is 0.0526. The van der Waals surface area contributed by atoms with E-state index in [9.17, 15) is 4.79 Å². The molecule has 2 aromatic rings. The topological polar surface area (TPSA) is 50.4 Å². The Morgan fingerprint density at radius 3 is 2.60 bits per heavy atom.